The van der Waals surface area contributed by atoms with Crippen molar-refractivity contribution >= 4 is 0 Å². The molecule has 1 fully saturated rings. The van der Waals surface area contributed by atoms with Crippen LogP contribution < -0.4 is 5.32 Å². The molecule has 12 heavy (non-hydrogen) atoms. The maximum absolute atomic E-state index is 9.34. The molecule has 0 unspecified atom stereocenters. The molecule has 4 heteroatoms. The van der Waals surface area contributed by atoms with E-state index in [4.69, 9.17) is 10.2 Å². The topological polar surface area (TPSA) is 82.6 Å². The van der Waals surface area contributed by atoms with Gasteiger partial charge in [-0.3, -0.25) is 0 Å². The van der Waals surface area contributed by atoms with Gasteiger partial charge in [0.25, 0.3) is 0 Å². The van der Waals surface area contributed by atoms with Gasteiger partial charge in [0.05, 0.1) is 0 Å². The van der Waals surface area contributed by atoms with Crippen molar-refractivity contribution in [2.45, 2.75) is 6.04 Å². The highest BCUT2D eigenvalue weighted by Crippen LogP contribution is 2.41. The lowest BCUT2D eigenvalue weighted by Crippen LogP contribution is -1.85. The van der Waals surface area contributed by atoms with Crippen molar-refractivity contribution in [2.24, 2.45) is 0 Å². The van der Waals surface area contributed by atoms with E-state index in [1.807, 2.05) is 0 Å². The molecule has 0 spiro atoms. The van der Waals surface area contributed by atoms with Gasteiger partial charge in [0.2, 0.25) is 5.75 Å². The van der Waals surface area contributed by atoms with Crippen LogP contribution in [-0.2, 0) is 0 Å². The molecule has 1 heterocycles. The monoisotopic (exact) mass is 167 g/mol. The summed E-state index contributed by atoms with van der Waals surface area (Å²) < 4.78 is 0. The lowest BCUT2D eigenvalue weighted by molar-refractivity contribution is 0.365. The molecule has 0 saturated carbocycles. The van der Waals surface area contributed by atoms with E-state index in [0.717, 1.165) is 6.54 Å². The van der Waals surface area contributed by atoms with E-state index < -0.39 is 5.75 Å². The van der Waals surface area contributed by atoms with Gasteiger partial charge < -0.3 is 20.6 Å². The van der Waals surface area contributed by atoms with Gasteiger partial charge in [-0.25, -0.2) is 0 Å². The molecule has 0 radical (unpaired) electrons. The maximum atomic E-state index is 9.34. The van der Waals surface area contributed by atoms with Gasteiger partial charge >= 0.3 is 0 Å². The van der Waals surface area contributed by atoms with E-state index in [2.05, 4.69) is 5.32 Å². The van der Waals surface area contributed by atoms with Gasteiger partial charge in [-0.1, -0.05) is 0 Å². The van der Waals surface area contributed by atoms with Crippen molar-refractivity contribution in [3.63, 3.8) is 0 Å². The highest BCUT2D eigenvalue weighted by atomic mass is 16.3. The third kappa shape index (κ3) is 0.967. The first-order chi connectivity index (χ1) is 5.70. The van der Waals surface area contributed by atoms with E-state index in [1.165, 1.54) is 6.07 Å². The molecule has 0 aliphatic carbocycles. The number of nitrogens with one attached hydrogen (secondary N) is 1. The lowest BCUT2D eigenvalue weighted by Gasteiger charge is -2.04. The Balaban J connectivity index is 2.49. The largest absolute Gasteiger partial charge is 0.504 e. The van der Waals surface area contributed by atoms with Crippen LogP contribution in [0.2, 0.25) is 0 Å². The Bertz CT molecular complexity index is 320. The Morgan fingerprint density at radius 3 is 2.42 bits per heavy atom. The number of aromatic hydroxyl groups is 3. The molecule has 4 nitrogen and oxygen atoms in total. The van der Waals surface area contributed by atoms with Crippen LogP contribution in [0.15, 0.2) is 12.1 Å². The summed E-state index contributed by atoms with van der Waals surface area (Å²) in [4.78, 5) is 0. The molecule has 0 amide bonds. The lowest BCUT2D eigenvalue weighted by atomic mass is 10.1. The Morgan fingerprint density at radius 2 is 1.83 bits per heavy atom. The minimum absolute atomic E-state index is 0.122. The second-order valence-electron chi connectivity index (χ2n) is 2.83. The molecule has 1 atom stereocenters. The summed E-state index contributed by atoms with van der Waals surface area (Å²) in [5, 5.41) is 30.5. The van der Waals surface area contributed by atoms with E-state index in [1.54, 1.807) is 6.07 Å². The van der Waals surface area contributed by atoms with E-state index in [-0.39, 0.29) is 17.5 Å². The first-order valence-corrected chi connectivity index (χ1v) is 3.67. The average molecular weight is 167 g/mol. The minimum Gasteiger partial charge on any atom is -0.504 e. The van der Waals surface area contributed by atoms with Gasteiger partial charge in [0.1, 0.15) is 0 Å². The molecular formula is C8H9NO3. The van der Waals surface area contributed by atoms with Gasteiger partial charge in [0, 0.05) is 18.2 Å². The smallest absolute Gasteiger partial charge is 0.200 e. The number of phenolic OH excluding ortho intramolecular Hbond substituents is 3. The predicted molar refractivity (Wildman–Crippen MR) is 42.2 cm³/mol. The summed E-state index contributed by atoms with van der Waals surface area (Å²) in [5.74, 6) is -0.969. The summed E-state index contributed by atoms with van der Waals surface area (Å²) in [6.45, 7) is 0.803. The fraction of sp³-hybridized carbons (Fsp3) is 0.250. The van der Waals surface area contributed by atoms with Gasteiger partial charge in [-0.15, -0.1) is 0 Å². The molecule has 64 valence electrons. The van der Waals surface area contributed by atoms with Crippen LogP contribution in [0.5, 0.6) is 17.2 Å². The summed E-state index contributed by atoms with van der Waals surface area (Å²) in [5.41, 5.74) is 0.630. The molecule has 4 N–H and O–H groups in total. The molecule has 1 aromatic carbocycles. The molecule has 0 bridgehead atoms. The van der Waals surface area contributed by atoms with Crippen molar-refractivity contribution < 1.29 is 15.3 Å². The van der Waals surface area contributed by atoms with Crippen LogP contribution >= 0.6 is 0 Å². The van der Waals surface area contributed by atoms with Crippen LogP contribution in [0, 0.1) is 0 Å². The average Bonchev–Trinajstić information content (AvgIpc) is 2.84. The molecule has 1 aromatic rings. The molecule has 1 aliphatic rings. The zero-order valence-electron chi connectivity index (χ0n) is 6.28. The Hall–Kier alpha value is -1.42. The summed E-state index contributed by atoms with van der Waals surface area (Å²) >= 11 is 0. The van der Waals surface area contributed by atoms with Crippen molar-refractivity contribution in [2.75, 3.05) is 6.54 Å². The fourth-order valence-corrected chi connectivity index (χ4v) is 1.14. The number of hydrogen-bond acceptors (Lipinski definition) is 4. The second-order valence-corrected chi connectivity index (χ2v) is 2.83. The number of hydrogen-bond donors (Lipinski definition) is 4. The normalized spacial score (nSPS) is 20.8. The molecule has 2 rings (SSSR count). The SMILES string of the molecule is Oc1ccc([C@H]2CN2)c(O)c1O. The van der Waals surface area contributed by atoms with Gasteiger partial charge in [0.15, 0.2) is 11.5 Å². The van der Waals surface area contributed by atoms with Crippen LogP contribution in [0.3, 0.4) is 0 Å². The summed E-state index contributed by atoms with van der Waals surface area (Å²) in [6.07, 6.45) is 0. The highest BCUT2D eigenvalue weighted by Gasteiger charge is 2.27. The summed E-state index contributed by atoms with van der Waals surface area (Å²) in [6, 6.07) is 3.08. The predicted octanol–water partition coefficient (Wildman–Crippen LogP) is 0.448. The zero-order chi connectivity index (χ0) is 8.72. The number of rotatable bonds is 1. The quantitative estimate of drug-likeness (QED) is 0.361. The van der Waals surface area contributed by atoms with Crippen LogP contribution in [-0.4, -0.2) is 21.9 Å². The first kappa shape index (κ1) is 7.24. The Kier molecular flexibility index (Phi) is 1.38. The van der Waals surface area contributed by atoms with Crippen molar-refractivity contribution in [1.29, 1.82) is 0 Å². The van der Waals surface area contributed by atoms with E-state index in [9.17, 15) is 5.11 Å². The Labute approximate surface area is 69.1 Å². The summed E-state index contributed by atoms with van der Waals surface area (Å²) in [7, 11) is 0. The maximum Gasteiger partial charge on any atom is 0.200 e. The minimum atomic E-state index is -0.443. The third-order valence-corrected chi connectivity index (χ3v) is 1.94. The van der Waals surface area contributed by atoms with Crippen molar-refractivity contribution in [1.82, 2.24) is 5.32 Å². The van der Waals surface area contributed by atoms with Crippen molar-refractivity contribution in [3.8, 4) is 17.2 Å². The van der Waals surface area contributed by atoms with E-state index in [0.29, 0.717) is 5.56 Å². The van der Waals surface area contributed by atoms with Gasteiger partial charge in [-0.2, -0.15) is 0 Å². The van der Waals surface area contributed by atoms with Gasteiger partial charge in [-0.05, 0) is 12.1 Å². The number of phenols is 3. The van der Waals surface area contributed by atoms with Crippen LogP contribution in [0.1, 0.15) is 11.6 Å². The Morgan fingerprint density at radius 1 is 1.17 bits per heavy atom. The fourth-order valence-electron chi connectivity index (χ4n) is 1.14. The third-order valence-electron chi connectivity index (χ3n) is 1.94. The van der Waals surface area contributed by atoms with Crippen LogP contribution in [0.25, 0.3) is 0 Å². The first-order valence-electron chi connectivity index (χ1n) is 3.67. The van der Waals surface area contributed by atoms with E-state index >= 15 is 0 Å². The number of benzene rings is 1. The van der Waals surface area contributed by atoms with Crippen LogP contribution in [0.4, 0.5) is 0 Å². The van der Waals surface area contributed by atoms with Crippen molar-refractivity contribution in [3.05, 3.63) is 17.7 Å². The standard InChI is InChI=1S/C8H9NO3/c10-6-2-1-4(5-3-9-5)7(11)8(6)12/h1-2,5,9-12H,3H2/t5-/m1/s1. The zero-order valence-corrected chi connectivity index (χ0v) is 6.28. The highest BCUT2D eigenvalue weighted by molar-refractivity contribution is 5.54. The molecule has 0 aromatic heterocycles. The molecular weight excluding hydrogens is 158 g/mol. The molecule has 1 saturated heterocycles. The second kappa shape index (κ2) is 2.28. The molecule has 1 aliphatic heterocycles.